The Kier molecular flexibility index (Phi) is 12.6. The number of benzene rings is 4. The molecule has 5 rings (SSSR count). The second-order valence-electron chi connectivity index (χ2n) is 11.9. The molecule has 0 radical (unpaired) electrons. The van der Waals surface area contributed by atoms with Crippen LogP contribution in [0.5, 0.6) is 5.75 Å². The van der Waals surface area contributed by atoms with Crippen molar-refractivity contribution < 1.29 is 54.1 Å². The van der Waals surface area contributed by atoms with Crippen LogP contribution in [-0.2, 0) is 43.4 Å². The van der Waals surface area contributed by atoms with E-state index >= 15 is 0 Å². The molecule has 0 saturated heterocycles. The molecule has 1 aliphatic carbocycles. The summed E-state index contributed by atoms with van der Waals surface area (Å²) in [7, 11) is -13.5. The molecule has 280 valence electrons. The van der Waals surface area contributed by atoms with Crippen molar-refractivity contribution in [3.8, 4) is 5.75 Å². The van der Waals surface area contributed by atoms with Gasteiger partial charge in [0.05, 0.1) is 9.79 Å². The monoisotopic (exact) mass is 782 g/mol. The number of phenols is 1. The van der Waals surface area contributed by atoms with Crippen molar-refractivity contribution >= 4 is 47.3 Å². The molecule has 53 heavy (non-hydrogen) atoms. The minimum Gasteiger partial charge on any atom is -0.870 e. The van der Waals surface area contributed by atoms with Crippen molar-refractivity contribution in [2.45, 2.75) is 41.6 Å². The molecule has 1 aliphatic rings. The summed E-state index contributed by atoms with van der Waals surface area (Å²) in [5.74, 6) is -0.346. The number of allylic oxidation sites excluding steroid dienone is 5. The van der Waals surface area contributed by atoms with Crippen LogP contribution in [0.3, 0.4) is 0 Å². The fourth-order valence-corrected chi connectivity index (χ4v) is 7.62. The van der Waals surface area contributed by atoms with Gasteiger partial charge in [-0.1, -0.05) is 36.4 Å². The number of phenolic OH excluding ortho intramolecular Hbond substituents is 1. The van der Waals surface area contributed by atoms with Gasteiger partial charge in [0.2, 0.25) is 0 Å². The number of rotatable bonds is 12. The summed E-state index contributed by atoms with van der Waals surface area (Å²) >= 11 is 0. The van der Waals surface area contributed by atoms with Crippen LogP contribution in [-0.4, -0.2) is 72.9 Å². The quantitative estimate of drug-likeness (QED) is 0.102. The first-order chi connectivity index (χ1) is 24.5. The third kappa shape index (κ3) is 9.94. The largest absolute Gasteiger partial charge is 0.870 e. The van der Waals surface area contributed by atoms with Gasteiger partial charge in [0, 0.05) is 48.1 Å². The van der Waals surface area contributed by atoms with Gasteiger partial charge in [0.15, 0.2) is 12.3 Å². The summed E-state index contributed by atoms with van der Waals surface area (Å²) in [5.41, 5.74) is 4.88. The van der Waals surface area contributed by atoms with E-state index in [2.05, 4.69) is 0 Å². The van der Waals surface area contributed by atoms with Crippen molar-refractivity contribution in [1.82, 2.24) is 0 Å². The zero-order valence-electron chi connectivity index (χ0n) is 28.6. The molecule has 4 aromatic carbocycles. The highest BCUT2D eigenvalue weighted by molar-refractivity contribution is 7.86. The van der Waals surface area contributed by atoms with E-state index in [0.29, 0.717) is 48.5 Å². The highest BCUT2D eigenvalue weighted by Crippen LogP contribution is 2.36. The first-order valence-electron chi connectivity index (χ1n) is 16.0. The second-order valence-corrected chi connectivity index (χ2v) is 16.1. The van der Waals surface area contributed by atoms with Gasteiger partial charge in [0.25, 0.3) is 30.4 Å². The van der Waals surface area contributed by atoms with Crippen LogP contribution in [0.25, 0.3) is 5.57 Å². The Morgan fingerprint density at radius 1 is 0.679 bits per heavy atom. The number of hydrogen-bond acceptors (Lipinski definition) is 9. The van der Waals surface area contributed by atoms with Gasteiger partial charge in [-0.15, -0.1) is 0 Å². The minimum absolute atomic E-state index is 0. The third-order valence-electron chi connectivity index (χ3n) is 8.48. The fraction of sp³-hybridized carbons (Fsp3) is 0.162. The van der Waals surface area contributed by atoms with E-state index < -0.39 is 35.2 Å². The molecule has 0 aliphatic heterocycles. The van der Waals surface area contributed by atoms with Gasteiger partial charge in [-0.25, -0.2) is 4.58 Å². The third-order valence-corrected chi connectivity index (χ3v) is 11.1. The van der Waals surface area contributed by atoms with E-state index in [-0.39, 0.29) is 26.6 Å². The Labute approximate surface area is 308 Å². The van der Waals surface area contributed by atoms with Crippen molar-refractivity contribution in [2.75, 3.05) is 18.0 Å². The van der Waals surface area contributed by atoms with E-state index in [9.17, 15) is 44.0 Å². The summed E-state index contributed by atoms with van der Waals surface area (Å²) in [6, 6.07) is 23.0. The maximum absolute atomic E-state index is 12.6. The molecule has 0 bridgehead atoms. The average Bonchev–Trinajstić information content (AvgIpc) is 3.10. The van der Waals surface area contributed by atoms with Crippen molar-refractivity contribution in [3.05, 3.63) is 143 Å². The second kappa shape index (κ2) is 16.4. The van der Waals surface area contributed by atoms with Gasteiger partial charge in [0.1, 0.15) is 17.2 Å². The Hall–Kier alpha value is -4.94. The van der Waals surface area contributed by atoms with Crippen molar-refractivity contribution in [3.63, 3.8) is 0 Å². The summed E-state index contributed by atoms with van der Waals surface area (Å²) in [5, 5.41) is 10.1. The molecule has 0 fully saturated rings. The standard InChI is InChI=1S/C37H36N2O10S3.H2O/c1-3-38(24-26-8-19-33(20-9-26)50(41,42)43)30-14-10-28(11-15-30)37(35-21-18-32(40)23-36(35)52(47,48)49)29-12-16-31(17-13-29)39(4-2)25-27-6-5-7-34(22-27)51(44,45)46;/h5-23H,3-4,24-25H2,1-2H3,(H3,41,42,43,44,45,46,47,48,49);1H2. The molecule has 5 N–H and O–H groups in total. The van der Waals surface area contributed by atoms with Crippen LogP contribution in [0.15, 0.2) is 136 Å². The van der Waals surface area contributed by atoms with E-state index in [1.54, 1.807) is 36.4 Å². The molecule has 16 heteroatoms. The zero-order chi connectivity index (χ0) is 37.8. The molecule has 0 aromatic heterocycles. The molecular weight excluding hydrogens is 745 g/mol. The normalized spacial score (nSPS) is 13.1. The Balaban J connectivity index is 0.00000627. The molecule has 0 amide bonds. The predicted molar refractivity (Wildman–Crippen MR) is 199 cm³/mol. The van der Waals surface area contributed by atoms with Gasteiger partial charge in [-0.05, 0) is 96.8 Å². The first-order valence-corrected chi connectivity index (χ1v) is 20.3. The van der Waals surface area contributed by atoms with Crippen LogP contribution in [0, 0.1) is 0 Å². The summed E-state index contributed by atoms with van der Waals surface area (Å²) < 4.78 is 102. The molecule has 13 nitrogen and oxygen atoms in total. The average molecular weight is 783 g/mol. The molecule has 0 saturated carbocycles. The summed E-state index contributed by atoms with van der Waals surface area (Å²) in [6.45, 7) is 5.80. The molecule has 0 heterocycles. The van der Waals surface area contributed by atoms with Crippen molar-refractivity contribution in [1.29, 1.82) is 0 Å². The minimum atomic E-state index is -4.77. The molecular formula is C37H38N2O11S3. The zero-order valence-corrected chi connectivity index (χ0v) is 31.1. The summed E-state index contributed by atoms with van der Waals surface area (Å²) in [4.78, 5) is 1.15. The van der Waals surface area contributed by atoms with Crippen LogP contribution >= 0.6 is 0 Å². The highest BCUT2D eigenvalue weighted by atomic mass is 32.2. The number of anilines is 1. The van der Waals surface area contributed by atoms with Crippen LogP contribution in [0.1, 0.15) is 36.1 Å². The maximum Gasteiger partial charge on any atom is 0.295 e. The maximum atomic E-state index is 12.6. The SMILES string of the molecule is CCN(Cc1ccc(S(=O)(=O)O)cc1)c1ccc(C(=C2C=CC(=[N+](CC)Cc3cccc(S(=O)(=O)O)c3)C=C2)c2ccc(O)cc2S(=O)(=O)O)cc1.[OH-]. The Morgan fingerprint density at radius 3 is 1.85 bits per heavy atom. The van der Waals surface area contributed by atoms with Crippen LogP contribution in [0.4, 0.5) is 5.69 Å². The summed E-state index contributed by atoms with van der Waals surface area (Å²) in [6.07, 6.45) is 7.26. The fourth-order valence-electron chi connectivity index (χ4n) is 5.87. The molecule has 4 aromatic rings. The number of aromatic hydroxyl groups is 1. The van der Waals surface area contributed by atoms with E-state index in [1.807, 2.05) is 59.7 Å². The van der Waals surface area contributed by atoms with E-state index in [0.717, 1.165) is 23.0 Å². The highest BCUT2D eigenvalue weighted by Gasteiger charge is 2.23. The molecule has 0 unspecified atom stereocenters. The Bertz CT molecular complexity index is 2440. The van der Waals surface area contributed by atoms with E-state index in [1.165, 1.54) is 36.4 Å². The molecule has 0 spiro atoms. The van der Waals surface area contributed by atoms with Crippen LogP contribution < -0.4 is 4.90 Å². The smallest absolute Gasteiger partial charge is 0.295 e. The topological polar surface area (TPSA) is 220 Å². The Morgan fingerprint density at radius 2 is 1.30 bits per heavy atom. The van der Waals surface area contributed by atoms with Gasteiger partial charge in [-0.2, -0.15) is 25.3 Å². The lowest BCUT2D eigenvalue weighted by Crippen LogP contribution is -2.22. The number of nitrogens with zero attached hydrogens (tertiary/aromatic N) is 2. The van der Waals surface area contributed by atoms with Gasteiger partial charge in [-0.3, -0.25) is 13.7 Å². The van der Waals surface area contributed by atoms with Gasteiger partial charge < -0.3 is 15.5 Å². The van der Waals surface area contributed by atoms with E-state index in [4.69, 9.17) is 0 Å². The lowest BCUT2D eigenvalue weighted by atomic mass is 9.90. The van der Waals surface area contributed by atoms with Gasteiger partial charge >= 0.3 is 0 Å². The van der Waals surface area contributed by atoms with Crippen molar-refractivity contribution in [2.24, 2.45) is 0 Å². The lowest BCUT2D eigenvalue weighted by molar-refractivity contribution is -0.539. The first kappa shape index (κ1) is 40.8. The van der Waals surface area contributed by atoms with Crippen LogP contribution in [0.2, 0.25) is 0 Å². The lowest BCUT2D eigenvalue weighted by Gasteiger charge is -2.24. The number of hydrogen-bond donors (Lipinski definition) is 4. The predicted octanol–water partition coefficient (Wildman–Crippen LogP) is 5.58. The molecule has 0 atom stereocenters.